The summed E-state index contributed by atoms with van der Waals surface area (Å²) in [5.74, 6) is 0.716. The van der Waals surface area contributed by atoms with Crippen molar-refractivity contribution >= 4 is 0 Å². The van der Waals surface area contributed by atoms with Crippen LogP contribution in [0.2, 0.25) is 0 Å². The van der Waals surface area contributed by atoms with Crippen LogP contribution < -0.4 is 0 Å². The molecule has 2 aliphatic rings. The van der Waals surface area contributed by atoms with Crippen molar-refractivity contribution in [3.63, 3.8) is 0 Å². The number of fused-ring (bicyclic) bond motifs is 5. The van der Waals surface area contributed by atoms with Crippen LogP contribution in [0.1, 0.15) is 43.2 Å². The molecule has 11 rings (SSSR count). The Kier molecular flexibility index (Phi) is 9.12. The van der Waals surface area contributed by atoms with Gasteiger partial charge in [-0.15, -0.1) is 0 Å². The van der Waals surface area contributed by atoms with Crippen LogP contribution in [0, 0.1) is 0 Å². The molecule has 286 valence electrons. The van der Waals surface area contributed by atoms with Gasteiger partial charge in [0.25, 0.3) is 0 Å². The summed E-state index contributed by atoms with van der Waals surface area (Å²) < 4.78 is 0. The molecular weight excluding hydrogens is 725 g/mol. The first-order valence-electron chi connectivity index (χ1n) is 21.4. The van der Waals surface area contributed by atoms with E-state index in [4.69, 9.17) is 9.97 Å². The summed E-state index contributed by atoms with van der Waals surface area (Å²) in [6.45, 7) is 0. The molecule has 0 aliphatic heterocycles. The molecule has 0 atom stereocenters. The molecule has 2 heteroatoms. The molecule has 2 aliphatic carbocycles. The van der Waals surface area contributed by atoms with Gasteiger partial charge in [-0.2, -0.15) is 0 Å². The lowest BCUT2D eigenvalue weighted by molar-refractivity contribution is 0.353. The molecule has 0 bridgehead atoms. The number of hydrogen-bond donors (Lipinski definition) is 0. The Hall–Kier alpha value is -7.16. The first kappa shape index (κ1) is 36.0. The Balaban J connectivity index is 0.864. The Morgan fingerprint density at radius 1 is 0.283 bits per heavy atom. The first-order valence-corrected chi connectivity index (χ1v) is 21.4. The largest absolute Gasteiger partial charge is 0.228 e. The minimum absolute atomic E-state index is 0.164. The molecule has 0 N–H and O–H groups in total. The van der Waals surface area contributed by atoms with Gasteiger partial charge in [0.1, 0.15) is 0 Å². The van der Waals surface area contributed by atoms with Crippen LogP contribution in [-0.2, 0) is 5.41 Å². The fourth-order valence-corrected chi connectivity index (χ4v) is 9.82. The van der Waals surface area contributed by atoms with E-state index in [1.807, 2.05) is 24.3 Å². The maximum absolute atomic E-state index is 5.09. The summed E-state index contributed by atoms with van der Waals surface area (Å²) in [5, 5.41) is 0. The van der Waals surface area contributed by atoms with E-state index in [0.717, 1.165) is 28.1 Å². The average Bonchev–Trinajstić information content (AvgIpc) is 3.60. The predicted molar refractivity (Wildman–Crippen MR) is 249 cm³/mol. The summed E-state index contributed by atoms with van der Waals surface area (Å²) in [7, 11) is 0. The molecule has 9 aromatic rings. The normalized spacial score (nSPS) is 13.8. The topological polar surface area (TPSA) is 25.8 Å². The van der Waals surface area contributed by atoms with Gasteiger partial charge >= 0.3 is 0 Å². The lowest BCUT2D eigenvalue weighted by atomic mass is 9.67. The Bertz CT molecular complexity index is 2960. The Morgan fingerprint density at radius 3 is 1.28 bits per heavy atom. The van der Waals surface area contributed by atoms with Crippen molar-refractivity contribution in [1.29, 1.82) is 0 Å². The second kappa shape index (κ2) is 15.2. The fraction of sp³-hybridized carbons (Fsp3) is 0.103. The van der Waals surface area contributed by atoms with Crippen LogP contribution in [0.3, 0.4) is 0 Å². The fourth-order valence-electron chi connectivity index (χ4n) is 9.82. The lowest BCUT2D eigenvalue weighted by Crippen LogP contribution is -2.28. The second-order valence-electron chi connectivity index (χ2n) is 16.5. The van der Waals surface area contributed by atoms with E-state index in [1.54, 1.807) is 5.56 Å². The van der Waals surface area contributed by atoms with Gasteiger partial charge in [-0.05, 0) is 97.8 Å². The molecule has 0 radical (unpaired) electrons. The van der Waals surface area contributed by atoms with Gasteiger partial charge in [-0.25, -0.2) is 9.97 Å². The molecule has 1 fully saturated rings. The molecule has 2 nitrogen and oxygen atoms in total. The number of rotatable bonds is 7. The van der Waals surface area contributed by atoms with Crippen LogP contribution in [0.25, 0.3) is 89.5 Å². The van der Waals surface area contributed by atoms with Crippen LogP contribution in [0.4, 0.5) is 0 Å². The molecule has 0 saturated heterocycles. The Labute approximate surface area is 353 Å². The number of nitrogens with zero attached hydrogens (tertiary/aromatic N) is 2. The van der Waals surface area contributed by atoms with E-state index in [9.17, 15) is 0 Å². The number of aromatic nitrogens is 2. The van der Waals surface area contributed by atoms with Crippen molar-refractivity contribution in [2.45, 2.75) is 37.5 Å². The molecule has 1 spiro atoms. The third kappa shape index (κ3) is 6.55. The third-order valence-electron chi connectivity index (χ3n) is 12.9. The zero-order valence-electron chi connectivity index (χ0n) is 33.6. The number of hydrogen-bond acceptors (Lipinski definition) is 2. The van der Waals surface area contributed by atoms with Crippen molar-refractivity contribution in [3.05, 3.63) is 217 Å². The van der Waals surface area contributed by atoms with Gasteiger partial charge < -0.3 is 0 Å². The zero-order chi connectivity index (χ0) is 39.9. The highest BCUT2D eigenvalue weighted by atomic mass is 14.9. The van der Waals surface area contributed by atoms with Crippen LogP contribution in [0.15, 0.2) is 206 Å². The zero-order valence-corrected chi connectivity index (χ0v) is 33.6. The van der Waals surface area contributed by atoms with E-state index in [1.165, 1.54) is 93.3 Å². The third-order valence-corrected chi connectivity index (χ3v) is 12.9. The minimum Gasteiger partial charge on any atom is -0.228 e. The molecule has 0 unspecified atom stereocenters. The molecule has 1 heterocycles. The molecular formula is C58H44N2. The van der Waals surface area contributed by atoms with Crippen molar-refractivity contribution in [1.82, 2.24) is 9.97 Å². The van der Waals surface area contributed by atoms with Crippen LogP contribution in [-0.4, -0.2) is 9.97 Å². The summed E-state index contributed by atoms with van der Waals surface area (Å²) in [4.78, 5) is 10.1. The van der Waals surface area contributed by atoms with E-state index in [0.29, 0.717) is 5.82 Å². The lowest BCUT2D eigenvalue weighted by Gasteiger charge is -2.36. The van der Waals surface area contributed by atoms with Gasteiger partial charge in [0.15, 0.2) is 5.82 Å². The number of benzene rings is 8. The highest BCUT2D eigenvalue weighted by Gasteiger charge is 2.43. The standard InChI is InChI=1S/C58H44N2/c1-4-13-40(14-5-1)41-25-29-45(30-26-41)55-39-56(60-57(59-55)47-15-6-2-7-16-47)46-31-27-43(28-32-46)49-18-12-17-48(37-49)42-21-23-44(24-22-42)50-33-34-52-51-19-8-9-20-53(51)58(54(52)38-50)35-10-3-11-36-58/h1-2,4-9,12-34,37-39H,3,10-11,35-36H2. The van der Waals surface area contributed by atoms with Gasteiger partial charge in [0.2, 0.25) is 0 Å². The van der Waals surface area contributed by atoms with Crippen molar-refractivity contribution in [2.24, 2.45) is 0 Å². The second-order valence-corrected chi connectivity index (χ2v) is 16.5. The summed E-state index contributed by atoms with van der Waals surface area (Å²) in [5.41, 5.74) is 20.7. The summed E-state index contributed by atoms with van der Waals surface area (Å²) >= 11 is 0. The summed E-state index contributed by atoms with van der Waals surface area (Å²) in [6.07, 6.45) is 6.46. The molecule has 1 aromatic heterocycles. The monoisotopic (exact) mass is 768 g/mol. The Morgan fingerprint density at radius 2 is 0.700 bits per heavy atom. The quantitative estimate of drug-likeness (QED) is 0.161. The van der Waals surface area contributed by atoms with Crippen LogP contribution >= 0.6 is 0 Å². The maximum Gasteiger partial charge on any atom is 0.160 e. The predicted octanol–water partition coefficient (Wildman–Crippen LogP) is 15.4. The van der Waals surface area contributed by atoms with Gasteiger partial charge in [-0.1, -0.05) is 207 Å². The van der Waals surface area contributed by atoms with Crippen LogP contribution in [0.5, 0.6) is 0 Å². The van der Waals surface area contributed by atoms with Gasteiger partial charge in [0, 0.05) is 22.1 Å². The highest BCUT2D eigenvalue weighted by molar-refractivity contribution is 5.85. The van der Waals surface area contributed by atoms with E-state index < -0.39 is 0 Å². The molecule has 1 saturated carbocycles. The maximum atomic E-state index is 5.09. The van der Waals surface area contributed by atoms with Gasteiger partial charge in [0.05, 0.1) is 11.4 Å². The SMILES string of the molecule is c1ccc(-c2ccc(-c3cc(-c4ccc(-c5cccc(-c6ccc(-c7ccc8c(c7)C7(CCCCC7)c7ccccc7-8)cc6)c5)cc4)nc(-c4ccccc4)n3)cc2)cc1. The minimum atomic E-state index is 0.164. The molecule has 8 aromatic carbocycles. The molecule has 60 heavy (non-hydrogen) atoms. The average molecular weight is 769 g/mol. The van der Waals surface area contributed by atoms with Crippen molar-refractivity contribution in [3.8, 4) is 89.5 Å². The van der Waals surface area contributed by atoms with Crippen molar-refractivity contribution in [2.75, 3.05) is 0 Å². The van der Waals surface area contributed by atoms with Crippen molar-refractivity contribution < 1.29 is 0 Å². The highest BCUT2D eigenvalue weighted by Crippen LogP contribution is 2.56. The van der Waals surface area contributed by atoms with E-state index in [2.05, 4.69) is 182 Å². The van der Waals surface area contributed by atoms with E-state index in [-0.39, 0.29) is 5.41 Å². The van der Waals surface area contributed by atoms with E-state index >= 15 is 0 Å². The summed E-state index contributed by atoms with van der Waals surface area (Å²) in [6, 6.07) is 74.7. The smallest absolute Gasteiger partial charge is 0.160 e. The molecule has 0 amide bonds. The van der Waals surface area contributed by atoms with Gasteiger partial charge in [-0.3, -0.25) is 0 Å². The first-order chi connectivity index (χ1) is 29.7.